The summed E-state index contributed by atoms with van der Waals surface area (Å²) in [5.41, 5.74) is 8.65. The van der Waals surface area contributed by atoms with Crippen molar-refractivity contribution in [1.82, 2.24) is 5.01 Å². The lowest BCUT2D eigenvalue weighted by Gasteiger charge is -2.13. The van der Waals surface area contributed by atoms with Crippen LogP contribution in [0, 0.1) is 0 Å². The Morgan fingerprint density at radius 1 is 1.11 bits per heavy atom. The Labute approximate surface area is 167 Å². The van der Waals surface area contributed by atoms with Crippen LogP contribution >= 0.6 is 0 Å². The van der Waals surface area contributed by atoms with Crippen LogP contribution in [0.2, 0.25) is 0 Å². The number of benzene rings is 2. The van der Waals surface area contributed by atoms with Crippen LogP contribution < -0.4 is 11.1 Å². The summed E-state index contributed by atoms with van der Waals surface area (Å²) in [6.07, 6.45) is 10.6. The minimum absolute atomic E-state index is 0.194. The highest BCUT2D eigenvalue weighted by Gasteiger charge is 2.02. The molecule has 0 atom stereocenters. The molecule has 0 radical (unpaired) electrons. The van der Waals surface area contributed by atoms with E-state index >= 15 is 0 Å². The minimum atomic E-state index is -0.194. The maximum absolute atomic E-state index is 12.1. The fraction of sp³-hybridized carbons (Fsp3) is 0.217. The Hall–Kier alpha value is -3.18. The first-order chi connectivity index (χ1) is 13.7. The number of amides is 1. The van der Waals surface area contributed by atoms with E-state index in [2.05, 4.69) is 34.7 Å². The molecule has 2 aromatic rings. The maximum Gasteiger partial charge on any atom is 0.248 e. The van der Waals surface area contributed by atoms with Gasteiger partial charge in [-0.1, -0.05) is 54.6 Å². The second kappa shape index (κ2) is 12.3. The van der Waals surface area contributed by atoms with Crippen LogP contribution in [0.25, 0.3) is 0 Å². The Morgan fingerprint density at radius 2 is 1.86 bits per heavy atom. The molecule has 28 heavy (non-hydrogen) atoms. The van der Waals surface area contributed by atoms with E-state index in [-0.39, 0.29) is 5.91 Å². The number of nitrogens with two attached hydrogens (primary N) is 1. The third kappa shape index (κ3) is 7.60. The first kappa shape index (κ1) is 21.1. The number of anilines is 1. The molecule has 0 bridgehead atoms. The lowest BCUT2D eigenvalue weighted by Crippen LogP contribution is -2.12. The van der Waals surface area contributed by atoms with E-state index in [1.165, 1.54) is 11.6 Å². The van der Waals surface area contributed by atoms with Crippen LogP contribution in [0.1, 0.15) is 24.5 Å². The van der Waals surface area contributed by atoms with Crippen molar-refractivity contribution in [3.63, 3.8) is 0 Å². The number of hydrogen-bond acceptors (Lipinski definition) is 4. The quantitative estimate of drug-likeness (QED) is 0.284. The van der Waals surface area contributed by atoms with Gasteiger partial charge in [0, 0.05) is 37.3 Å². The molecule has 2 aromatic carbocycles. The third-order valence-corrected chi connectivity index (χ3v) is 4.07. The Bertz CT molecular complexity index is 812. The molecule has 0 saturated carbocycles. The summed E-state index contributed by atoms with van der Waals surface area (Å²) in [6.45, 7) is 3.07. The standard InChI is InChI=1S/C23H28N4O/c1-2-25-27(18-10-13-20-11-4-3-5-12-20)17-9-8-16-23(28)26-22-15-7-6-14-21(22)19-24/h2-9,11-12,14-17H,10,13,18-19,24H2,1H3,(H,26,28)/b16-8+,17-9+,25-2-. The highest BCUT2D eigenvalue weighted by atomic mass is 16.1. The largest absolute Gasteiger partial charge is 0.326 e. The molecule has 5 heteroatoms. The summed E-state index contributed by atoms with van der Waals surface area (Å²) in [4.78, 5) is 12.1. The minimum Gasteiger partial charge on any atom is -0.326 e. The third-order valence-electron chi connectivity index (χ3n) is 4.07. The zero-order valence-electron chi connectivity index (χ0n) is 16.3. The summed E-state index contributed by atoms with van der Waals surface area (Å²) < 4.78 is 0. The van der Waals surface area contributed by atoms with Gasteiger partial charge in [-0.2, -0.15) is 5.10 Å². The van der Waals surface area contributed by atoms with Crippen LogP contribution in [-0.4, -0.2) is 23.7 Å². The van der Waals surface area contributed by atoms with Gasteiger partial charge in [-0.15, -0.1) is 0 Å². The smallest absolute Gasteiger partial charge is 0.248 e. The van der Waals surface area contributed by atoms with Gasteiger partial charge in [-0.25, -0.2) is 0 Å². The number of nitrogens with one attached hydrogen (secondary N) is 1. The molecule has 2 rings (SSSR count). The maximum atomic E-state index is 12.1. The summed E-state index contributed by atoms with van der Waals surface area (Å²) in [7, 11) is 0. The molecule has 146 valence electrons. The zero-order valence-corrected chi connectivity index (χ0v) is 16.3. The molecule has 1 amide bonds. The first-order valence-electron chi connectivity index (χ1n) is 9.46. The monoisotopic (exact) mass is 376 g/mol. The van der Waals surface area contributed by atoms with E-state index in [0.717, 1.165) is 30.6 Å². The van der Waals surface area contributed by atoms with Gasteiger partial charge in [0.05, 0.1) is 0 Å². The average molecular weight is 377 g/mol. The number of hydrogen-bond donors (Lipinski definition) is 2. The average Bonchev–Trinajstić information content (AvgIpc) is 2.72. The molecule has 0 aromatic heterocycles. The van der Waals surface area contributed by atoms with Crippen molar-refractivity contribution < 1.29 is 4.79 Å². The highest BCUT2D eigenvalue weighted by Crippen LogP contribution is 2.13. The molecule has 0 fully saturated rings. The second-order valence-electron chi connectivity index (χ2n) is 6.18. The molecule has 5 nitrogen and oxygen atoms in total. The molecule has 3 N–H and O–H groups in total. The lowest BCUT2D eigenvalue weighted by molar-refractivity contribution is -0.111. The number of rotatable bonds is 10. The Kier molecular flexibility index (Phi) is 9.24. The molecular weight excluding hydrogens is 348 g/mol. The van der Waals surface area contributed by atoms with Crippen molar-refractivity contribution in [2.24, 2.45) is 10.8 Å². The van der Waals surface area contributed by atoms with Crippen molar-refractivity contribution >= 4 is 17.8 Å². The van der Waals surface area contributed by atoms with E-state index in [1.54, 1.807) is 12.3 Å². The Balaban J connectivity index is 1.82. The molecule has 0 saturated heterocycles. The number of para-hydroxylation sites is 1. The number of hydrazone groups is 1. The summed E-state index contributed by atoms with van der Waals surface area (Å²) in [6, 6.07) is 17.9. The van der Waals surface area contributed by atoms with E-state index in [9.17, 15) is 4.79 Å². The van der Waals surface area contributed by atoms with Gasteiger partial charge in [-0.05, 0) is 43.0 Å². The van der Waals surface area contributed by atoms with Gasteiger partial charge >= 0.3 is 0 Å². The molecular formula is C23H28N4O. The van der Waals surface area contributed by atoms with Crippen LogP contribution in [0.15, 0.2) is 84.1 Å². The van der Waals surface area contributed by atoms with Crippen LogP contribution in [-0.2, 0) is 17.8 Å². The SMILES string of the molecule is C/C=N\N(/C=C/C=C/C(=O)Nc1ccccc1CN)CCCc1ccccc1. The summed E-state index contributed by atoms with van der Waals surface area (Å²) >= 11 is 0. The molecule has 0 unspecified atom stereocenters. The van der Waals surface area contributed by atoms with Gasteiger partial charge < -0.3 is 11.1 Å². The van der Waals surface area contributed by atoms with Gasteiger partial charge in [-0.3, -0.25) is 9.80 Å². The highest BCUT2D eigenvalue weighted by molar-refractivity contribution is 5.99. The van der Waals surface area contributed by atoms with E-state index < -0.39 is 0 Å². The van der Waals surface area contributed by atoms with Gasteiger partial charge in [0.1, 0.15) is 0 Å². The number of aryl methyl sites for hydroxylation is 1. The first-order valence-corrected chi connectivity index (χ1v) is 9.46. The van der Waals surface area contributed by atoms with Gasteiger partial charge in [0.25, 0.3) is 0 Å². The normalized spacial score (nSPS) is 11.5. The molecule has 0 spiro atoms. The van der Waals surface area contributed by atoms with E-state index in [1.807, 2.05) is 54.5 Å². The van der Waals surface area contributed by atoms with Crippen molar-refractivity contribution in [2.75, 3.05) is 11.9 Å². The molecule has 0 aliphatic heterocycles. The van der Waals surface area contributed by atoms with E-state index in [0.29, 0.717) is 6.54 Å². The number of allylic oxidation sites excluding steroid dienone is 2. The van der Waals surface area contributed by atoms with Gasteiger partial charge in [0.15, 0.2) is 0 Å². The topological polar surface area (TPSA) is 70.7 Å². The number of carbonyl (C=O) groups excluding carboxylic acids is 1. The van der Waals surface area contributed by atoms with E-state index in [4.69, 9.17) is 5.73 Å². The van der Waals surface area contributed by atoms with Crippen molar-refractivity contribution in [3.05, 3.63) is 90.2 Å². The fourth-order valence-corrected chi connectivity index (χ4v) is 2.70. The summed E-state index contributed by atoms with van der Waals surface area (Å²) in [5.74, 6) is -0.194. The molecule has 0 heterocycles. The molecule has 0 aliphatic rings. The lowest BCUT2D eigenvalue weighted by atomic mass is 10.1. The fourth-order valence-electron chi connectivity index (χ4n) is 2.70. The second-order valence-corrected chi connectivity index (χ2v) is 6.18. The van der Waals surface area contributed by atoms with Crippen molar-refractivity contribution in [2.45, 2.75) is 26.3 Å². The molecule has 0 aliphatic carbocycles. The van der Waals surface area contributed by atoms with Crippen molar-refractivity contribution in [1.29, 1.82) is 0 Å². The predicted molar refractivity (Wildman–Crippen MR) is 117 cm³/mol. The van der Waals surface area contributed by atoms with Crippen LogP contribution in [0.5, 0.6) is 0 Å². The van der Waals surface area contributed by atoms with Crippen LogP contribution in [0.3, 0.4) is 0 Å². The number of carbonyl (C=O) groups is 1. The Morgan fingerprint density at radius 3 is 2.61 bits per heavy atom. The zero-order chi connectivity index (χ0) is 20.0. The van der Waals surface area contributed by atoms with Crippen LogP contribution in [0.4, 0.5) is 5.69 Å². The number of nitrogens with zero attached hydrogens (tertiary/aromatic N) is 2. The summed E-state index contributed by atoms with van der Waals surface area (Å²) in [5, 5.41) is 9.05. The van der Waals surface area contributed by atoms with Gasteiger partial charge in [0.2, 0.25) is 5.91 Å². The predicted octanol–water partition coefficient (Wildman–Crippen LogP) is 4.09. The van der Waals surface area contributed by atoms with Crippen molar-refractivity contribution in [3.8, 4) is 0 Å².